The lowest BCUT2D eigenvalue weighted by Gasteiger charge is -2.08. The number of nitrogens with zero attached hydrogens (tertiary/aromatic N) is 1. The van der Waals surface area contributed by atoms with Gasteiger partial charge in [0.15, 0.2) is 11.6 Å². The van der Waals surface area contributed by atoms with E-state index in [1.54, 1.807) is 0 Å². The molecule has 0 aliphatic carbocycles. The highest BCUT2D eigenvalue weighted by molar-refractivity contribution is 6.67. The summed E-state index contributed by atoms with van der Waals surface area (Å²) in [5, 5.41) is 6.41. The van der Waals surface area contributed by atoms with Gasteiger partial charge in [-0.05, 0) is 62.1 Å². The first-order valence-electron chi connectivity index (χ1n) is 6.61. The first-order chi connectivity index (χ1) is 9.99. The van der Waals surface area contributed by atoms with Crippen LogP contribution in [0.25, 0.3) is 0 Å². The number of aryl methyl sites for hydroxylation is 2. The van der Waals surface area contributed by atoms with Crippen LogP contribution in [-0.4, -0.2) is 22.0 Å². The summed E-state index contributed by atoms with van der Waals surface area (Å²) in [6, 6.07) is 3.82. The second-order valence-corrected chi connectivity index (χ2v) is 5.13. The zero-order chi connectivity index (χ0) is 15.4. The quantitative estimate of drug-likeness (QED) is 0.655. The van der Waals surface area contributed by atoms with Gasteiger partial charge in [-0.2, -0.15) is 5.10 Å². The Hall–Kier alpha value is -1.88. The molecule has 0 saturated heterocycles. The number of H-pyrrole nitrogens is 1. The van der Waals surface area contributed by atoms with Crippen molar-refractivity contribution in [1.82, 2.24) is 10.2 Å². The van der Waals surface area contributed by atoms with E-state index < -0.39 is 11.1 Å². The summed E-state index contributed by atoms with van der Waals surface area (Å²) < 4.78 is 19.0. The molecule has 1 heterocycles. The number of rotatable bonds is 6. The summed E-state index contributed by atoms with van der Waals surface area (Å²) in [5.41, 5.74) is 3.38. The Kier molecular flexibility index (Phi) is 4.96. The van der Waals surface area contributed by atoms with Gasteiger partial charge in [0.25, 0.3) is 5.24 Å². The van der Waals surface area contributed by atoms with Gasteiger partial charge < -0.3 is 4.74 Å². The second-order valence-electron chi connectivity index (χ2n) is 4.78. The van der Waals surface area contributed by atoms with Gasteiger partial charge in [-0.1, -0.05) is 0 Å². The smallest absolute Gasteiger partial charge is 0.252 e. The molecule has 2 rings (SSSR count). The highest BCUT2D eigenvalue weighted by Crippen LogP contribution is 2.20. The summed E-state index contributed by atoms with van der Waals surface area (Å²) in [6.45, 7) is 4.25. The van der Waals surface area contributed by atoms with Crippen molar-refractivity contribution in [3.63, 3.8) is 0 Å². The van der Waals surface area contributed by atoms with E-state index in [1.165, 1.54) is 18.2 Å². The molecule has 0 amide bonds. The molecule has 0 bridgehead atoms. The van der Waals surface area contributed by atoms with Crippen LogP contribution in [0.5, 0.6) is 5.75 Å². The minimum atomic E-state index is -0.635. The average molecular weight is 311 g/mol. The highest BCUT2D eigenvalue weighted by Gasteiger charge is 2.10. The lowest BCUT2D eigenvalue weighted by molar-refractivity contribution is 0.108. The predicted molar refractivity (Wildman–Crippen MR) is 78.5 cm³/mol. The molecule has 0 saturated carbocycles. The van der Waals surface area contributed by atoms with Crippen molar-refractivity contribution in [2.45, 2.75) is 26.7 Å². The average Bonchev–Trinajstić information content (AvgIpc) is 2.76. The van der Waals surface area contributed by atoms with Crippen molar-refractivity contribution in [1.29, 1.82) is 0 Å². The number of hydrogen-bond donors (Lipinski definition) is 1. The summed E-state index contributed by atoms with van der Waals surface area (Å²) in [5.74, 6) is -0.463. The molecule has 1 aromatic heterocycles. The summed E-state index contributed by atoms with van der Waals surface area (Å²) >= 11 is 5.36. The molecule has 0 radical (unpaired) electrons. The first kappa shape index (κ1) is 15.5. The molecule has 0 fully saturated rings. The van der Waals surface area contributed by atoms with E-state index in [4.69, 9.17) is 16.3 Å². The molecule has 112 valence electrons. The van der Waals surface area contributed by atoms with E-state index in [-0.39, 0.29) is 11.3 Å². The zero-order valence-electron chi connectivity index (χ0n) is 11.9. The van der Waals surface area contributed by atoms with Crippen molar-refractivity contribution in [3.8, 4) is 5.75 Å². The van der Waals surface area contributed by atoms with Crippen LogP contribution < -0.4 is 4.74 Å². The maximum Gasteiger partial charge on any atom is 0.252 e. The van der Waals surface area contributed by atoms with Gasteiger partial charge in [0.05, 0.1) is 12.3 Å². The monoisotopic (exact) mass is 310 g/mol. The maximum atomic E-state index is 13.6. The third-order valence-corrected chi connectivity index (χ3v) is 3.49. The van der Waals surface area contributed by atoms with Gasteiger partial charge in [0, 0.05) is 11.3 Å². The van der Waals surface area contributed by atoms with E-state index in [1.807, 2.05) is 13.8 Å². The van der Waals surface area contributed by atoms with Crippen molar-refractivity contribution in [2.24, 2.45) is 0 Å². The second kappa shape index (κ2) is 6.72. The van der Waals surface area contributed by atoms with Crippen LogP contribution in [0.15, 0.2) is 18.2 Å². The van der Waals surface area contributed by atoms with Gasteiger partial charge in [0.2, 0.25) is 0 Å². The standard InChI is InChI=1S/C15H16ClFN2O2/c1-9-12(10(2)19-18-9)4-3-7-21-14-8-11(15(16)20)5-6-13(14)17/h5-6,8H,3-4,7H2,1-2H3,(H,18,19). The molecule has 0 aliphatic heterocycles. The Bertz CT molecular complexity index is 636. The first-order valence-corrected chi connectivity index (χ1v) is 6.99. The normalized spacial score (nSPS) is 10.7. The van der Waals surface area contributed by atoms with Crippen LogP contribution in [0.2, 0.25) is 0 Å². The lowest BCUT2D eigenvalue weighted by Crippen LogP contribution is -2.03. The number of carbonyl (C=O) groups excluding carboxylic acids is 1. The van der Waals surface area contributed by atoms with E-state index in [0.29, 0.717) is 6.61 Å². The van der Waals surface area contributed by atoms with Gasteiger partial charge in [-0.3, -0.25) is 9.89 Å². The van der Waals surface area contributed by atoms with Gasteiger partial charge in [0.1, 0.15) is 0 Å². The number of halogens is 2. The molecule has 0 unspecified atom stereocenters. The Morgan fingerprint density at radius 3 is 2.81 bits per heavy atom. The SMILES string of the molecule is Cc1n[nH]c(C)c1CCCOc1cc(C(=O)Cl)ccc1F. The number of ether oxygens (including phenoxy) is 1. The van der Waals surface area contributed by atoms with Crippen molar-refractivity contribution in [3.05, 3.63) is 46.5 Å². The fourth-order valence-corrected chi connectivity index (χ4v) is 2.23. The summed E-state index contributed by atoms with van der Waals surface area (Å²) in [6.07, 6.45) is 1.52. The molecule has 0 aliphatic rings. The van der Waals surface area contributed by atoms with Gasteiger partial charge in [-0.25, -0.2) is 4.39 Å². The van der Waals surface area contributed by atoms with Crippen LogP contribution in [0.3, 0.4) is 0 Å². The number of aromatic nitrogens is 2. The third kappa shape index (κ3) is 3.82. The fraction of sp³-hybridized carbons (Fsp3) is 0.333. The highest BCUT2D eigenvalue weighted by atomic mass is 35.5. The molecule has 6 heteroatoms. The van der Waals surface area contributed by atoms with Crippen LogP contribution in [0, 0.1) is 19.7 Å². The largest absolute Gasteiger partial charge is 0.490 e. The van der Waals surface area contributed by atoms with Crippen molar-refractivity contribution < 1.29 is 13.9 Å². The molecule has 1 N–H and O–H groups in total. The number of nitrogens with one attached hydrogen (secondary N) is 1. The van der Waals surface area contributed by atoms with Crippen molar-refractivity contribution >= 4 is 16.8 Å². The van der Waals surface area contributed by atoms with Gasteiger partial charge >= 0.3 is 0 Å². The molecule has 1 aromatic carbocycles. The molecule has 21 heavy (non-hydrogen) atoms. The van der Waals surface area contributed by atoms with Crippen LogP contribution in [0.4, 0.5) is 4.39 Å². The molecule has 0 spiro atoms. The Morgan fingerprint density at radius 2 is 2.19 bits per heavy atom. The van der Waals surface area contributed by atoms with Crippen LogP contribution >= 0.6 is 11.6 Å². The molecular weight excluding hydrogens is 295 g/mol. The summed E-state index contributed by atoms with van der Waals surface area (Å²) in [7, 11) is 0. The van der Waals surface area contributed by atoms with E-state index >= 15 is 0 Å². The van der Waals surface area contributed by atoms with Crippen molar-refractivity contribution in [2.75, 3.05) is 6.61 Å². The summed E-state index contributed by atoms with van der Waals surface area (Å²) in [4.78, 5) is 11.0. The number of hydrogen-bond acceptors (Lipinski definition) is 3. The van der Waals surface area contributed by atoms with E-state index in [2.05, 4.69) is 10.2 Å². The van der Waals surface area contributed by atoms with E-state index in [9.17, 15) is 9.18 Å². The molecule has 0 atom stereocenters. The Labute approximate surface area is 127 Å². The molecule has 2 aromatic rings. The zero-order valence-corrected chi connectivity index (χ0v) is 12.6. The number of carbonyl (C=O) groups is 1. The topological polar surface area (TPSA) is 55.0 Å². The van der Waals surface area contributed by atoms with Gasteiger partial charge in [-0.15, -0.1) is 0 Å². The van der Waals surface area contributed by atoms with E-state index in [0.717, 1.165) is 29.8 Å². The van der Waals surface area contributed by atoms with Crippen LogP contribution in [-0.2, 0) is 6.42 Å². The van der Waals surface area contributed by atoms with Crippen LogP contribution in [0.1, 0.15) is 33.7 Å². The Morgan fingerprint density at radius 1 is 1.43 bits per heavy atom. The molecular formula is C15H16ClFN2O2. The number of aromatic amines is 1. The predicted octanol–water partition coefficient (Wildman–Crippen LogP) is 3.56. The maximum absolute atomic E-state index is 13.6. The lowest BCUT2D eigenvalue weighted by atomic mass is 10.1. The third-order valence-electron chi connectivity index (χ3n) is 3.27. The number of benzene rings is 1. The fourth-order valence-electron chi connectivity index (χ4n) is 2.11. The minimum Gasteiger partial charge on any atom is -0.490 e. The molecule has 4 nitrogen and oxygen atoms in total. The minimum absolute atomic E-state index is 0.0436. The Balaban J connectivity index is 1.92.